The van der Waals surface area contributed by atoms with E-state index in [4.69, 9.17) is 9.26 Å². The first-order chi connectivity index (χ1) is 12.7. The Morgan fingerprint density at radius 3 is 2.65 bits per heavy atom. The van der Waals surface area contributed by atoms with Crippen LogP contribution >= 0.6 is 0 Å². The number of carbonyl (C=O) groups excluding carboxylic acids is 1. The number of rotatable bonds is 6. The van der Waals surface area contributed by atoms with E-state index in [1.54, 1.807) is 0 Å². The molecule has 6 heteroatoms. The third-order valence-electron chi connectivity index (χ3n) is 5.29. The summed E-state index contributed by atoms with van der Waals surface area (Å²) in [7, 11) is 0. The lowest BCUT2D eigenvalue weighted by Gasteiger charge is -2.33. The van der Waals surface area contributed by atoms with Crippen molar-refractivity contribution >= 4 is 5.91 Å². The summed E-state index contributed by atoms with van der Waals surface area (Å²) >= 11 is 0. The Morgan fingerprint density at radius 2 is 1.96 bits per heavy atom. The molecule has 0 radical (unpaired) electrons. The SMILES string of the molecule is CC(C(=O)N1CCC(OCc2nc(C3CC3)no2)CC1)c1ccccc1. The molecule has 1 unspecified atom stereocenters. The number of amides is 1. The highest BCUT2D eigenvalue weighted by Gasteiger charge is 2.30. The zero-order valence-electron chi connectivity index (χ0n) is 15.1. The first kappa shape index (κ1) is 17.2. The Balaban J connectivity index is 1.23. The third-order valence-corrected chi connectivity index (χ3v) is 5.29. The molecular formula is C20H25N3O3. The van der Waals surface area contributed by atoms with Crippen LogP contribution in [0.2, 0.25) is 0 Å². The van der Waals surface area contributed by atoms with Crippen molar-refractivity contribution in [2.75, 3.05) is 13.1 Å². The molecule has 2 heterocycles. The summed E-state index contributed by atoms with van der Waals surface area (Å²) < 4.78 is 11.2. The van der Waals surface area contributed by atoms with Crippen molar-refractivity contribution in [1.29, 1.82) is 0 Å². The highest BCUT2D eigenvalue weighted by molar-refractivity contribution is 5.83. The predicted molar refractivity (Wildman–Crippen MR) is 95.5 cm³/mol. The van der Waals surface area contributed by atoms with Crippen molar-refractivity contribution in [3.05, 3.63) is 47.6 Å². The van der Waals surface area contributed by atoms with Gasteiger partial charge < -0.3 is 14.2 Å². The molecule has 1 aromatic carbocycles. The average molecular weight is 355 g/mol. The van der Waals surface area contributed by atoms with Gasteiger partial charge in [-0.2, -0.15) is 4.98 Å². The number of aromatic nitrogens is 2. The van der Waals surface area contributed by atoms with Crippen LogP contribution in [0.4, 0.5) is 0 Å². The fraction of sp³-hybridized carbons (Fsp3) is 0.550. The van der Waals surface area contributed by atoms with Gasteiger partial charge in [-0.05, 0) is 38.2 Å². The minimum atomic E-state index is -0.104. The lowest BCUT2D eigenvalue weighted by Crippen LogP contribution is -2.42. The molecule has 2 fully saturated rings. The smallest absolute Gasteiger partial charge is 0.252 e. The summed E-state index contributed by atoms with van der Waals surface area (Å²) in [6.07, 6.45) is 4.15. The standard InChI is InChI=1S/C20H25N3O3/c1-14(15-5-3-2-4-6-15)20(24)23-11-9-17(10-12-23)25-13-18-21-19(22-26-18)16-7-8-16/h2-6,14,16-17H,7-13H2,1H3. The van der Waals surface area contributed by atoms with E-state index < -0.39 is 0 Å². The number of benzene rings is 1. The van der Waals surface area contributed by atoms with E-state index in [2.05, 4.69) is 10.1 Å². The van der Waals surface area contributed by atoms with Gasteiger partial charge in [0, 0.05) is 19.0 Å². The van der Waals surface area contributed by atoms with Gasteiger partial charge >= 0.3 is 0 Å². The van der Waals surface area contributed by atoms with Crippen LogP contribution < -0.4 is 0 Å². The van der Waals surface area contributed by atoms with Crippen LogP contribution in [0, 0.1) is 0 Å². The van der Waals surface area contributed by atoms with Crippen molar-refractivity contribution in [3.8, 4) is 0 Å². The van der Waals surface area contributed by atoms with E-state index in [0.717, 1.165) is 50.2 Å². The molecule has 0 spiro atoms. The van der Waals surface area contributed by atoms with E-state index >= 15 is 0 Å². The average Bonchev–Trinajstić information content (AvgIpc) is 3.44. The number of hydrogen-bond acceptors (Lipinski definition) is 5. The zero-order chi connectivity index (χ0) is 17.9. The molecule has 0 bridgehead atoms. The van der Waals surface area contributed by atoms with Crippen LogP contribution in [0.5, 0.6) is 0 Å². The predicted octanol–water partition coefficient (Wildman–Crippen LogP) is 3.26. The summed E-state index contributed by atoms with van der Waals surface area (Å²) in [5, 5.41) is 4.01. The number of hydrogen-bond donors (Lipinski definition) is 0. The first-order valence-corrected chi connectivity index (χ1v) is 9.48. The fourth-order valence-corrected chi connectivity index (χ4v) is 3.42. The fourth-order valence-electron chi connectivity index (χ4n) is 3.42. The molecule has 1 atom stereocenters. The van der Waals surface area contributed by atoms with Gasteiger partial charge in [-0.25, -0.2) is 0 Å². The Hall–Kier alpha value is -2.21. The van der Waals surface area contributed by atoms with Crippen molar-refractivity contribution < 1.29 is 14.1 Å². The molecule has 1 amide bonds. The second-order valence-electron chi connectivity index (χ2n) is 7.29. The topological polar surface area (TPSA) is 68.5 Å². The zero-order valence-corrected chi connectivity index (χ0v) is 15.1. The maximum Gasteiger partial charge on any atom is 0.252 e. The minimum Gasteiger partial charge on any atom is -0.368 e. The van der Waals surface area contributed by atoms with Crippen LogP contribution in [0.25, 0.3) is 0 Å². The third kappa shape index (κ3) is 3.96. The van der Waals surface area contributed by atoms with Crippen LogP contribution in [0.1, 0.15) is 61.7 Å². The number of carbonyl (C=O) groups is 1. The Labute approximate surface area is 153 Å². The number of piperidine rings is 1. The molecular weight excluding hydrogens is 330 g/mol. The summed E-state index contributed by atoms with van der Waals surface area (Å²) in [5.41, 5.74) is 1.07. The van der Waals surface area contributed by atoms with E-state index in [9.17, 15) is 4.79 Å². The summed E-state index contributed by atoms with van der Waals surface area (Å²) in [6.45, 7) is 3.81. The van der Waals surface area contributed by atoms with E-state index in [1.807, 2.05) is 42.2 Å². The molecule has 2 aliphatic rings. The molecule has 1 aromatic heterocycles. The molecule has 6 nitrogen and oxygen atoms in total. The molecule has 0 N–H and O–H groups in total. The monoisotopic (exact) mass is 355 g/mol. The summed E-state index contributed by atoms with van der Waals surface area (Å²) in [6, 6.07) is 9.95. The molecule has 1 saturated heterocycles. The first-order valence-electron chi connectivity index (χ1n) is 9.48. The van der Waals surface area contributed by atoms with Crippen molar-refractivity contribution in [2.45, 2.75) is 57.2 Å². The minimum absolute atomic E-state index is 0.104. The van der Waals surface area contributed by atoms with Crippen molar-refractivity contribution in [3.63, 3.8) is 0 Å². The van der Waals surface area contributed by atoms with Gasteiger partial charge in [0.15, 0.2) is 5.82 Å². The van der Waals surface area contributed by atoms with Gasteiger partial charge in [-0.3, -0.25) is 4.79 Å². The Kier molecular flexibility index (Phi) is 5.02. The number of nitrogens with zero attached hydrogens (tertiary/aromatic N) is 3. The normalized spacial score (nSPS) is 19.5. The second kappa shape index (κ2) is 7.58. The number of likely N-dealkylation sites (tertiary alicyclic amines) is 1. The Bertz CT molecular complexity index is 734. The molecule has 1 aliphatic heterocycles. The second-order valence-corrected chi connectivity index (χ2v) is 7.29. The Morgan fingerprint density at radius 1 is 1.23 bits per heavy atom. The molecule has 138 valence electrons. The highest BCUT2D eigenvalue weighted by atomic mass is 16.5. The van der Waals surface area contributed by atoms with E-state index in [1.165, 1.54) is 0 Å². The molecule has 1 saturated carbocycles. The molecule has 26 heavy (non-hydrogen) atoms. The lowest BCUT2D eigenvalue weighted by molar-refractivity contribution is -0.135. The van der Waals surface area contributed by atoms with Gasteiger partial charge in [0.2, 0.25) is 5.91 Å². The van der Waals surface area contributed by atoms with Crippen LogP contribution in [-0.4, -0.2) is 40.1 Å². The summed E-state index contributed by atoms with van der Waals surface area (Å²) in [4.78, 5) is 19.1. The van der Waals surface area contributed by atoms with Gasteiger partial charge in [-0.15, -0.1) is 0 Å². The van der Waals surface area contributed by atoms with Crippen molar-refractivity contribution in [1.82, 2.24) is 15.0 Å². The van der Waals surface area contributed by atoms with Crippen molar-refractivity contribution in [2.24, 2.45) is 0 Å². The van der Waals surface area contributed by atoms with Crippen LogP contribution in [0.3, 0.4) is 0 Å². The van der Waals surface area contributed by atoms with Crippen LogP contribution in [-0.2, 0) is 16.1 Å². The van der Waals surface area contributed by atoms with Gasteiger partial charge in [-0.1, -0.05) is 35.5 Å². The highest BCUT2D eigenvalue weighted by Crippen LogP contribution is 2.38. The largest absolute Gasteiger partial charge is 0.368 e. The quantitative estimate of drug-likeness (QED) is 0.795. The summed E-state index contributed by atoms with van der Waals surface area (Å²) in [5.74, 6) is 1.96. The lowest BCUT2D eigenvalue weighted by atomic mass is 9.98. The van der Waals surface area contributed by atoms with Gasteiger partial charge in [0.25, 0.3) is 5.89 Å². The molecule has 4 rings (SSSR count). The van der Waals surface area contributed by atoms with Gasteiger partial charge in [0.05, 0.1) is 12.0 Å². The molecule has 2 aromatic rings. The van der Waals surface area contributed by atoms with E-state index in [-0.39, 0.29) is 17.9 Å². The van der Waals surface area contributed by atoms with Gasteiger partial charge in [0.1, 0.15) is 6.61 Å². The van der Waals surface area contributed by atoms with Crippen LogP contribution in [0.15, 0.2) is 34.9 Å². The number of ether oxygens (including phenoxy) is 1. The maximum absolute atomic E-state index is 12.7. The van der Waals surface area contributed by atoms with E-state index in [0.29, 0.717) is 18.4 Å². The maximum atomic E-state index is 12.7. The molecule has 1 aliphatic carbocycles.